The molecule has 0 bridgehead atoms. The van der Waals surface area contributed by atoms with Crippen molar-refractivity contribution in [1.29, 1.82) is 0 Å². The number of amides is 1. The standard InChI is InChI=1S/C19H22AsCl2N3O2S/c1-12(26)23-13-4-6-14(7-5-13)24-19(28)25-15-10-16(21)18(17(22)11-15)27-9-8-20(2)3/h4-7,10-11H,8-9H2,1-3H3,(H,23,26)(H2,24,25,28). The van der Waals surface area contributed by atoms with Crippen molar-refractivity contribution in [1.82, 2.24) is 0 Å². The van der Waals surface area contributed by atoms with Crippen molar-refractivity contribution >= 4 is 78.2 Å². The van der Waals surface area contributed by atoms with Crippen LogP contribution in [0.1, 0.15) is 6.92 Å². The van der Waals surface area contributed by atoms with E-state index in [1.165, 1.54) is 6.92 Å². The third kappa shape index (κ3) is 7.51. The van der Waals surface area contributed by atoms with Crippen LogP contribution in [0.5, 0.6) is 5.75 Å². The smallest absolute Gasteiger partial charge is 0.0365 e. The number of hydrogen-bond donors (Lipinski definition) is 3. The molecule has 5 nitrogen and oxygen atoms in total. The molecule has 2 rings (SSSR count). The van der Waals surface area contributed by atoms with E-state index in [1.54, 1.807) is 24.3 Å². The van der Waals surface area contributed by atoms with E-state index in [0.29, 0.717) is 38.9 Å². The Labute approximate surface area is 185 Å². The molecule has 0 heterocycles. The molecule has 0 aliphatic heterocycles. The second-order valence-electron chi connectivity index (χ2n) is 6.26. The fourth-order valence-electron chi connectivity index (χ4n) is 2.23. The number of rotatable bonds is 7. The summed E-state index contributed by atoms with van der Waals surface area (Å²) in [5, 5.41) is 11.1. The predicted octanol–water partition coefficient (Wildman–Crippen LogP) is 5.89. The molecule has 3 N–H and O–H groups in total. The van der Waals surface area contributed by atoms with Crippen LogP contribution in [0.3, 0.4) is 0 Å². The van der Waals surface area contributed by atoms with Gasteiger partial charge in [-0.3, -0.25) is 4.79 Å². The van der Waals surface area contributed by atoms with Gasteiger partial charge in [-0.05, 0) is 12.1 Å². The van der Waals surface area contributed by atoms with Gasteiger partial charge in [0.05, 0.1) is 0 Å². The zero-order valence-corrected chi connectivity index (χ0v) is 20.0. The summed E-state index contributed by atoms with van der Waals surface area (Å²) >= 11 is 17.2. The van der Waals surface area contributed by atoms with Crippen molar-refractivity contribution in [2.24, 2.45) is 0 Å². The number of halogens is 2. The summed E-state index contributed by atoms with van der Waals surface area (Å²) in [6, 6.07) is 10.6. The second kappa shape index (κ2) is 10.9. The topological polar surface area (TPSA) is 62.4 Å². The van der Waals surface area contributed by atoms with Gasteiger partial charge in [-0.25, -0.2) is 0 Å². The van der Waals surface area contributed by atoms with E-state index in [0.717, 1.165) is 10.9 Å². The van der Waals surface area contributed by atoms with Gasteiger partial charge >= 0.3 is 145 Å². The summed E-state index contributed by atoms with van der Waals surface area (Å²) in [6.45, 7) is 2.08. The molecule has 0 atom stereocenters. The molecule has 0 aliphatic rings. The van der Waals surface area contributed by atoms with Crippen molar-refractivity contribution in [3.05, 3.63) is 46.4 Å². The first-order valence-electron chi connectivity index (χ1n) is 8.47. The van der Waals surface area contributed by atoms with Crippen molar-refractivity contribution in [2.75, 3.05) is 22.6 Å². The summed E-state index contributed by atoms with van der Waals surface area (Å²) in [5.74, 6) is 0.377. The van der Waals surface area contributed by atoms with Gasteiger partial charge in [0.25, 0.3) is 0 Å². The molecule has 1 amide bonds. The minimum Gasteiger partial charge on any atom is -0.0365 e. The zero-order valence-electron chi connectivity index (χ0n) is 15.8. The quantitative estimate of drug-likeness (QED) is 0.326. The Kier molecular flexibility index (Phi) is 8.90. The molecular weight excluding hydrogens is 480 g/mol. The predicted molar refractivity (Wildman–Crippen MR) is 125 cm³/mol. The van der Waals surface area contributed by atoms with Crippen molar-refractivity contribution < 1.29 is 9.53 Å². The van der Waals surface area contributed by atoms with E-state index in [1.807, 2.05) is 12.1 Å². The second-order valence-corrected chi connectivity index (χ2v) is 12.9. The van der Waals surface area contributed by atoms with Crippen LogP contribution >= 0.6 is 35.4 Å². The van der Waals surface area contributed by atoms with Crippen LogP contribution in [0, 0.1) is 0 Å². The Morgan fingerprint density at radius 2 is 1.50 bits per heavy atom. The van der Waals surface area contributed by atoms with Gasteiger partial charge in [0.2, 0.25) is 5.91 Å². The van der Waals surface area contributed by atoms with E-state index in [2.05, 4.69) is 27.4 Å². The van der Waals surface area contributed by atoms with Gasteiger partial charge in [-0.15, -0.1) is 0 Å². The van der Waals surface area contributed by atoms with Crippen LogP contribution in [-0.2, 0) is 4.79 Å². The Hall–Kier alpha value is -1.46. The minimum absolute atomic E-state index is 0.120. The van der Waals surface area contributed by atoms with E-state index in [-0.39, 0.29) is 5.91 Å². The number of nitrogens with one attached hydrogen (secondary N) is 3. The van der Waals surface area contributed by atoms with Crippen LogP contribution in [0.4, 0.5) is 17.1 Å². The van der Waals surface area contributed by atoms with Crippen molar-refractivity contribution in [2.45, 2.75) is 23.6 Å². The molecule has 2 aromatic carbocycles. The molecule has 0 fully saturated rings. The SMILES string of the molecule is CC(=O)Nc1ccc(NC(=S)Nc2cc(Cl)c(OCC[As](C)C)c(Cl)c2)cc1. The number of carbonyl (C=O) groups is 1. The summed E-state index contributed by atoms with van der Waals surface area (Å²) in [6.07, 6.45) is 0. The summed E-state index contributed by atoms with van der Waals surface area (Å²) < 4.78 is 5.74. The molecule has 0 aromatic heterocycles. The number of anilines is 3. The number of thiocarbonyl (C=S) groups is 1. The molecule has 0 saturated heterocycles. The van der Waals surface area contributed by atoms with Crippen LogP contribution in [0.25, 0.3) is 0 Å². The average Bonchev–Trinajstić information content (AvgIpc) is 2.58. The third-order valence-corrected chi connectivity index (χ3v) is 6.53. The van der Waals surface area contributed by atoms with Gasteiger partial charge < -0.3 is 5.32 Å². The molecule has 9 heteroatoms. The maximum absolute atomic E-state index is 11.1. The molecule has 0 radical (unpaired) electrons. The number of carbonyl (C=O) groups excluding carboxylic acids is 1. The Balaban J connectivity index is 1.97. The Bertz CT molecular complexity index is 825. The van der Waals surface area contributed by atoms with Gasteiger partial charge in [-0.2, -0.15) is 0 Å². The molecule has 150 valence electrons. The average molecular weight is 502 g/mol. The van der Waals surface area contributed by atoms with E-state index < -0.39 is 14.7 Å². The molecule has 28 heavy (non-hydrogen) atoms. The third-order valence-electron chi connectivity index (χ3n) is 3.50. The number of ether oxygens (including phenoxy) is 1. The van der Waals surface area contributed by atoms with E-state index in [4.69, 9.17) is 40.2 Å². The maximum atomic E-state index is 11.1. The summed E-state index contributed by atoms with van der Waals surface area (Å²) in [4.78, 5) is 11.1. The number of hydrogen-bond acceptors (Lipinski definition) is 3. The monoisotopic (exact) mass is 501 g/mol. The van der Waals surface area contributed by atoms with E-state index >= 15 is 0 Å². The first-order valence-corrected chi connectivity index (χ1v) is 14.7. The first-order chi connectivity index (χ1) is 13.2. The minimum atomic E-state index is -0.748. The van der Waals surface area contributed by atoms with Gasteiger partial charge in [0.15, 0.2) is 0 Å². The van der Waals surface area contributed by atoms with E-state index in [9.17, 15) is 4.79 Å². The summed E-state index contributed by atoms with van der Waals surface area (Å²) in [5.41, 5.74) is 6.70. The van der Waals surface area contributed by atoms with Gasteiger partial charge in [-0.1, -0.05) is 0 Å². The molecule has 0 saturated carbocycles. The zero-order chi connectivity index (χ0) is 20.7. The molecule has 0 spiro atoms. The van der Waals surface area contributed by atoms with Crippen LogP contribution in [0.15, 0.2) is 36.4 Å². The summed E-state index contributed by atoms with van der Waals surface area (Å²) in [7, 11) is 0. The molecular formula is C19H22AsCl2N3O2S. The van der Waals surface area contributed by atoms with Gasteiger partial charge in [0, 0.05) is 12.6 Å². The first kappa shape index (κ1) is 22.8. The molecule has 0 aliphatic carbocycles. The Morgan fingerprint density at radius 1 is 1.00 bits per heavy atom. The molecule has 2 aromatic rings. The van der Waals surface area contributed by atoms with Gasteiger partial charge in [0.1, 0.15) is 0 Å². The Morgan fingerprint density at radius 3 is 2.00 bits per heavy atom. The van der Waals surface area contributed by atoms with Crippen LogP contribution in [-0.4, -0.2) is 32.3 Å². The van der Waals surface area contributed by atoms with Crippen molar-refractivity contribution in [3.8, 4) is 5.75 Å². The molecule has 0 unspecified atom stereocenters. The normalized spacial score (nSPS) is 10.5. The van der Waals surface area contributed by atoms with Crippen LogP contribution in [0.2, 0.25) is 26.7 Å². The number of benzene rings is 2. The fraction of sp³-hybridized carbons (Fsp3) is 0.263. The fourth-order valence-corrected chi connectivity index (χ4v) is 4.02. The van der Waals surface area contributed by atoms with Crippen LogP contribution < -0.4 is 20.7 Å². The van der Waals surface area contributed by atoms with Crippen molar-refractivity contribution in [3.63, 3.8) is 0 Å².